The molecule has 1 aromatic heterocycles. The number of rotatable bonds is 9. The van der Waals surface area contributed by atoms with E-state index in [4.69, 9.17) is 16.3 Å². The summed E-state index contributed by atoms with van der Waals surface area (Å²) in [7, 11) is 0. The number of carbonyl (C=O) groups excluding carboxylic acids is 2. The van der Waals surface area contributed by atoms with Gasteiger partial charge in [-0.2, -0.15) is 0 Å². The molecular weight excluding hydrogens is 373 g/mol. The summed E-state index contributed by atoms with van der Waals surface area (Å²) < 4.78 is 18.5. The molecule has 0 spiro atoms. The molecule has 8 heteroatoms. The van der Waals surface area contributed by atoms with E-state index in [1.807, 2.05) is 6.07 Å². The first-order chi connectivity index (χ1) is 13.0. The van der Waals surface area contributed by atoms with Crippen molar-refractivity contribution in [3.63, 3.8) is 0 Å². The summed E-state index contributed by atoms with van der Waals surface area (Å²) in [5.41, 5.74) is 1.08. The van der Waals surface area contributed by atoms with Crippen LogP contribution in [0.2, 0.25) is 5.02 Å². The maximum absolute atomic E-state index is 13.3. The predicted molar refractivity (Wildman–Crippen MR) is 99.8 cm³/mol. The van der Waals surface area contributed by atoms with Crippen molar-refractivity contribution in [1.82, 2.24) is 15.6 Å². The molecule has 0 saturated heterocycles. The normalized spacial score (nSPS) is 10.1. The van der Waals surface area contributed by atoms with Gasteiger partial charge >= 0.3 is 0 Å². The van der Waals surface area contributed by atoms with Crippen molar-refractivity contribution < 1.29 is 18.7 Å². The molecule has 0 atom stereocenters. The van der Waals surface area contributed by atoms with Crippen LogP contribution in [0.1, 0.15) is 12.1 Å². The van der Waals surface area contributed by atoms with Crippen LogP contribution in [-0.2, 0) is 16.1 Å². The summed E-state index contributed by atoms with van der Waals surface area (Å²) in [5, 5.41) is 5.29. The Labute approximate surface area is 161 Å². The maximum Gasteiger partial charge on any atom is 0.257 e. The van der Waals surface area contributed by atoms with Gasteiger partial charge in [0, 0.05) is 24.4 Å². The van der Waals surface area contributed by atoms with Crippen LogP contribution in [0.4, 0.5) is 4.39 Å². The van der Waals surface area contributed by atoms with E-state index in [0.717, 1.165) is 11.8 Å². The minimum Gasteiger partial charge on any atom is -0.484 e. The number of ether oxygens (including phenoxy) is 1. The van der Waals surface area contributed by atoms with E-state index >= 15 is 0 Å². The topological polar surface area (TPSA) is 80.3 Å². The second-order valence-electron chi connectivity index (χ2n) is 5.57. The van der Waals surface area contributed by atoms with Crippen molar-refractivity contribution in [2.75, 3.05) is 13.2 Å². The van der Waals surface area contributed by atoms with Crippen molar-refractivity contribution in [1.29, 1.82) is 0 Å². The van der Waals surface area contributed by atoms with Crippen molar-refractivity contribution in [2.45, 2.75) is 13.0 Å². The average Bonchev–Trinajstić information content (AvgIpc) is 2.67. The zero-order chi connectivity index (χ0) is 19.6. The first-order valence-corrected chi connectivity index (χ1v) is 8.54. The molecule has 2 aromatic rings. The number of hydrogen-bond acceptors (Lipinski definition) is 4. The molecule has 27 heavy (non-hydrogen) atoms. The number of aromatic nitrogens is 1. The summed E-state index contributed by atoms with van der Waals surface area (Å²) in [5.74, 6) is -1.12. The summed E-state index contributed by atoms with van der Waals surface area (Å²) in [6.07, 6.45) is 1.93. The highest BCUT2D eigenvalue weighted by Crippen LogP contribution is 2.20. The van der Waals surface area contributed by atoms with Gasteiger partial charge in [-0.1, -0.05) is 24.2 Å². The second kappa shape index (κ2) is 10.3. The van der Waals surface area contributed by atoms with E-state index in [2.05, 4.69) is 22.2 Å². The molecule has 0 unspecified atom stereocenters. The van der Waals surface area contributed by atoms with Gasteiger partial charge in [0.25, 0.3) is 5.91 Å². The third kappa shape index (κ3) is 7.07. The predicted octanol–water partition coefficient (Wildman–Crippen LogP) is 2.63. The number of amides is 2. The van der Waals surface area contributed by atoms with Crippen LogP contribution in [0.3, 0.4) is 0 Å². The number of benzene rings is 1. The number of carbonyl (C=O) groups is 2. The van der Waals surface area contributed by atoms with Crippen LogP contribution in [0.25, 0.3) is 0 Å². The van der Waals surface area contributed by atoms with Crippen LogP contribution in [0.5, 0.6) is 5.75 Å². The van der Waals surface area contributed by atoms with Crippen LogP contribution in [0, 0.1) is 5.82 Å². The van der Waals surface area contributed by atoms with Gasteiger partial charge in [-0.25, -0.2) is 4.39 Å². The number of nitrogens with one attached hydrogen (secondary N) is 2. The molecular formula is C19H19ClFN3O3. The minimum absolute atomic E-state index is 0.0216. The fourth-order valence-corrected chi connectivity index (χ4v) is 2.15. The lowest BCUT2D eigenvalue weighted by Gasteiger charge is -2.09. The fraction of sp³-hybridized carbons (Fsp3) is 0.211. The Morgan fingerprint density at radius 3 is 2.74 bits per heavy atom. The maximum atomic E-state index is 13.3. The first kappa shape index (κ1) is 20.4. The Hall–Kier alpha value is -2.93. The minimum atomic E-state index is -0.623. The van der Waals surface area contributed by atoms with Crippen molar-refractivity contribution in [2.24, 2.45) is 0 Å². The van der Waals surface area contributed by atoms with E-state index in [0.29, 0.717) is 12.1 Å². The molecule has 0 bridgehead atoms. The summed E-state index contributed by atoms with van der Waals surface area (Å²) in [4.78, 5) is 27.8. The lowest BCUT2D eigenvalue weighted by Crippen LogP contribution is -2.31. The van der Waals surface area contributed by atoms with E-state index in [9.17, 15) is 14.0 Å². The Morgan fingerprint density at radius 2 is 2.04 bits per heavy atom. The van der Waals surface area contributed by atoms with Gasteiger partial charge in [-0.15, -0.1) is 0 Å². The molecule has 1 aromatic carbocycles. The molecule has 0 aliphatic heterocycles. The quantitative estimate of drug-likeness (QED) is 0.644. The Kier molecular flexibility index (Phi) is 7.76. The Morgan fingerprint density at radius 1 is 1.22 bits per heavy atom. The van der Waals surface area contributed by atoms with Gasteiger partial charge in [0.2, 0.25) is 5.91 Å². The van der Waals surface area contributed by atoms with Gasteiger partial charge in [-0.05, 0) is 30.7 Å². The molecule has 0 fully saturated rings. The average molecular weight is 392 g/mol. The number of pyridine rings is 1. The molecule has 0 saturated carbocycles. The molecule has 142 valence electrons. The van der Waals surface area contributed by atoms with Crippen LogP contribution < -0.4 is 15.4 Å². The summed E-state index contributed by atoms with van der Waals surface area (Å²) in [6.45, 7) is 3.96. The second-order valence-corrected chi connectivity index (χ2v) is 5.98. The lowest BCUT2D eigenvalue weighted by molar-refractivity contribution is -0.123. The van der Waals surface area contributed by atoms with Gasteiger partial charge in [-0.3, -0.25) is 14.6 Å². The van der Waals surface area contributed by atoms with Gasteiger partial charge in [0.15, 0.2) is 6.61 Å². The van der Waals surface area contributed by atoms with E-state index in [1.54, 1.807) is 18.3 Å². The van der Waals surface area contributed by atoms with Gasteiger partial charge in [0.1, 0.15) is 11.6 Å². The standard InChI is InChI=1S/C19H19ClFN3O3/c1-13(19(26)24-11-14-4-2-3-8-22-14)7-9-23-18(25)12-27-15-5-6-16(20)17(21)10-15/h2-6,8,10H,1,7,9,11-12H2,(H,23,25)(H,24,26). The lowest BCUT2D eigenvalue weighted by atomic mass is 10.2. The molecule has 0 radical (unpaired) electrons. The number of nitrogens with zero attached hydrogens (tertiary/aromatic N) is 1. The molecule has 1 heterocycles. The summed E-state index contributed by atoms with van der Waals surface area (Å²) in [6, 6.07) is 9.34. The zero-order valence-corrected chi connectivity index (χ0v) is 15.3. The Balaban J connectivity index is 1.64. The van der Waals surface area contributed by atoms with E-state index < -0.39 is 11.7 Å². The van der Waals surface area contributed by atoms with Crippen LogP contribution >= 0.6 is 11.6 Å². The van der Waals surface area contributed by atoms with Crippen molar-refractivity contribution >= 4 is 23.4 Å². The Bertz CT molecular complexity index is 815. The largest absolute Gasteiger partial charge is 0.484 e. The molecule has 6 nitrogen and oxygen atoms in total. The highest BCUT2D eigenvalue weighted by Gasteiger charge is 2.09. The zero-order valence-electron chi connectivity index (χ0n) is 14.5. The van der Waals surface area contributed by atoms with Crippen molar-refractivity contribution in [3.05, 3.63) is 71.3 Å². The SMILES string of the molecule is C=C(CCNC(=O)COc1ccc(Cl)c(F)c1)C(=O)NCc1ccccn1. The number of hydrogen-bond donors (Lipinski definition) is 2. The highest BCUT2D eigenvalue weighted by molar-refractivity contribution is 6.30. The highest BCUT2D eigenvalue weighted by atomic mass is 35.5. The van der Waals surface area contributed by atoms with Crippen LogP contribution in [0.15, 0.2) is 54.7 Å². The third-order valence-corrected chi connectivity index (χ3v) is 3.79. The molecule has 2 N–H and O–H groups in total. The third-order valence-electron chi connectivity index (χ3n) is 3.49. The van der Waals surface area contributed by atoms with Crippen LogP contribution in [-0.4, -0.2) is 29.9 Å². The molecule has 0 aliphatic carbocycles. The molecule has 2 rings (SSSR count). The molecule has 2 amide bonds. The fourth-order valence-electron chi connectivity index (χ4n) is 2.03. The monoisotopic (exact) mass is 391 g/mol. The summed E-state index contributed by atoms with van der Waals surface area (Å²) >= 11 is 5.57. The van der Waals surface area contributed by atoms with E-state index in [-0.39, 0.29) is 36.3 Å². The van der Waals surface area contributed by atoms with E-state index in [1.165, 1.54) is 12.1 Å². The van der Waals surface area contributed by atoms with Crippen molar-refractivity contribution in [3.8, 4) is 5.75 Å². The number of halogens is 2. The smallest absolute Gasteiger partial charge is 0.257 e. The van der Waals surface area contributed by atoms with Gasteiger partial charge < -0.3 is 15.4 Å². The first-order valence-electron chi connectivity index (χ1n) is 8.16. The van der Waals surface area contributed by atoms with Gasteiger partial charge in [0.05, 0.1) is 17.3 Å². The molecule has 0 aliphatic rings.